The quantitative estimate of drug-likeness (QED) is 0.824. The van der Waals surface area contributed by atoms with E-state index in [4.69, 9.17) is 21.1 Å². The summed E-state index contributed by atoms with van der Waals surface area (Å²) >= 11 is 6.27. The third-order valence-corrected chi connectivity index (χ3v) is 3.01. The summed E-state index contributed by atoms with van der Waals surface area (Å²) in [7, 11) is 1.66. The zero-order chi connectivity index (χ0) is 13.5. The molecule has 2 unspecified atom stereocenters. The summed E-state index contributed by atoms with van der Waals surface area (Å²) in [5.74, 6) is 0.775. The van der Waals surface area contributed by atoms with Gasteiger partial charge in [0, 0.05) is 18.2 Å². The van der Waals surface area contributed by atoms with E-state index in [-0.39, 0.29) is 12.1 Å². The predicted octanol–water partition coefficient (Wildman–Crippen LogP) is 3.42. The molecular weight excluding hydrogens is 250 g/mol. The largest absolute Gasteiger partial charge is 0.488 e. The van der Waals surface area contributed by atoms with Crippen LogP contribution in [-0.4, -0.2) is 26.4 Å². The van der Waals surface area contributed by atoms with Crippen molar-refractivity contribution in [1.29, 1.82) is 0 Å². The molecule has 1 aromatic rings. The van der Waals surface area contributed by atoms with Gasteiger partial charge in [0.1, 0.15) is 11.9 Å². The normalized spacial score (nSPS) is 14.3. The third-order valence-electron chi connectivity index (χ3n) is 2.69. The Morgan fingerprint density at radius 1 is 1.33 bits per heavy atom. The van der Waals surface area contributed by atoms with Gasteiger partial charge in [-0.05, 0) is 38.1 Å². The maximum absolute atomic E-state index is 6.27. The lowest BCUT2D eigenvalue weighted by Crippen LogP contribution is -2.19. The Kier molecular flexibility index (Phi) is 6.47. The molecule has 1 rings (SSSR count). The first-order valence-electron chi connectivity index (χ1n) is 6.26. The van der Waals surface area contributed by atoms with Crippen LogP contribution in [0, 0.1) is 0 Å². The zero-order valence-electron chi connectivity index (χ0n) is 11.5. The Labute approximate surface area is 114 Å². The molecule has 102 valence electrons. The van der Waals surface area contributed by atoms with E-state index in [1.165, 1.54) is 0 Å². The Hall–Kier alpha value is -0.770. The minimum atomic E-state index is 0.0168. The van der Waals surface area contributed by atoms with E-state index < -0.39 is 0 Å². The van der Waals surface area contributed by atoms with Crippen molar-refractivity contribution in [2.24, 2.45) is 0 Å². The number of rotatable bonds is 7. The molecule has 0 amide bonds. The fraction of sp³-hybridized carbons (Fsp3) is 0.571. The first kappa shape index (κ1) is 15.3. The second-order valence-electron chi connectivity index (χ2n) is 4.35. The molecule has 0 aromatic heterocycles. The molecule has 2 atom stereocenters. The third kappa shape index (κ3) is 4.48. The molecule has 0 aliphatic heterocycles. The maximum Gasteiger partial charge on any atom is 0.121 e. The molecule has 0 saturated carbocycles. The van der Waals surface area contributed by atoms with Crippen molar-refractivity contribution < 1.29 is 9.47 Å². The van der Waals surface area contributed by atoms with Gasteiger partial charge in [-0.1, -0.05) is 24.6 Å². The molecule has 0 heterocycles. The number of nitrogens with one attached hydrogen (secondary N) is 1. The molecule has 4 heteroatoms. The number of benzene rings is 1. The summed E-state index contributed by atoms with van der Waals surface area (Å²) in [6.45, 7) is 7.62. The van der Waals surface area contributed by atoms with Crippen LogP contribution in [0.1, 0.15) is 32.4 Å². The Morgan fingerprint density at radius 2 is 2.06 bits per heavy atom. The highest BCUT2D eigenvalue weighted by Gasteiger charge is 2.10. The average molecular weight is 272 g/mol. The van der Waals surface area contributed by atoms with Gasteiger partial charge < -0.3 is 14.8 Å². The van der Waals surface area contributed by atoms with Crippen LogP contribution in [0.4, 0.5) is 0 Å². The maximum atomic E-state index is 6.27. The monoisotopic (exact) mass is 271 g/mol. The minimum Gasteiger partial charge on any atom is -0.488 e. The Bertz CT molecular complexity index is 371. The first-order valence-corrected chi connectivity index (χ1v) is 6.64. The number of ether oxygens (including phenoxy) is 2. The number of halogens is 1. The van der Waals surface area contributed by atoms with Crippen molar-refractivity contribution in [3.05, 3.63) is 28.8 Å². The van der Waals surface area contributed by atoms with E-state index in [0.717, 1.165) is 22.9 Å². The Morgan fingerprint density at radius 3 is 2.61 bits per heavy atom. The number of methoxy groups -OCH3 is 1. The van der Waals surface area contributed by atoms with Crippen molar-refractivity contribution in [2.45, 2.75) is 32.9 Å². The molecule has 1 aromatic carbocycles. The van der Waals surface area contributed by atoms with Crippen LogP contribution in [0.25, 0.3) is 0 Å². The zero-order valence-corrected chi connectivity index (χ0v) is 12.3. The van der Waals surface area contributed by atoms with Gasteiger partial charge in [-0.2, -0.15) is 0 Å². The van der Waals surface area contributed by atoms with Crippen LogP contribution >= 0.6 is 11.6 Å². The van der Waals surface area contributed by atoms with Crippen molar-refractivity contribution in [3.63, 3.8) is 0 Å². The SMILES string of the molecule is CCNC(C)c1ccc(OC(C)COC)cc1Cl. The lowest BCUT2D eigenvalue weighted by atomic mass is 10.1. The molecule has 0 radical (unpaired) electrons. The van der Waals surface area contributed by atoms with Crippen LogP contribution in [0.3, 0.4) is 0 Å². The Balaban J connectivity index is 2.72. The smallest absolute Gasteiger partial charge is 0.121 e. The molecule has 0 fully saturated rings. The van der Waals surface area contributed by atoms with Crippen LogP contribution in [0.5, 0.6) is 5.75 Å². The van der Waals surface area contributed by atoms with Crippen molar-refractivity contribution in [1.82, 2.24) is 5.32 Å². The van der Waals surface area contributed by atoms with E-state index in [1.54, 1.807) is 7.11 Å². The van der Waals surface area contributed by atoms with Gasteiger partial charge in [-0.3, -0.25) is 0 Å². The van der Waals surface area contributed by atoms with Gasteiger partial charge in [0.15, 0.2) is 0 Å². The summed E-state index contributed by atoms with van der Waals surface area (Å²) in [6, 6.07) is 6.05. The van der Waals surface area contributed by atoms with E-state index in [1.807, 2.05) is 25.1 Å². The molecule has 3 nitrogen and oxygen atoms in total. The molecule has 0 spiro atoms. The predicted molar refractivity (Wildman–Crippen MR) is 75.5 cm³/mol. The highest BCUT2D eigenvalue weighted by Crippen LogP contribution is 2.27. The molecule has 1 N–H and O–H groups in total. The number of hydrogen-bond acceptors (Lipinski definition) is 3. The highest BCUT2D eigenvalue weighted by molar-refractivity contribution is 6.31. The van der Waals surface area contributed by atoms with Crippen molar-refractivity contribution in [3.8, 4) is 5.75 Å². The van der Waals surface area contributed by atoms with E-state index >= 15 is 0 Å². The summed E-state index contributed by atoms with van der Waals surface area (Å²) in [4.78, 5) is 0. The lowest BCUT2D eigenvalue weighted by Gasteiger charge is -2.17. The topological polar surface area (TPSA) is 30.5 Å². The van der Waals surface area contributed by atoms with Gasteiger partial charge >= 0.3 is 0 Å². The van der Waals surface area contributed by atoms with Crippen LogP contribution in [0.15, 0.2) is 18.2 Å². The molecule has 0 aliphatic carbocycles. The van der Waals surface area contributed by atoms with Gasteiger partial charge in [-0.15, -0.1) is 0 Å². The summed E-state index contributed by atoms with van der Waals surface area (Å²) in [5.41, 5.74) is 1.09. The summed E-state index contributed by atoms with van der Waals surface area (Å²) in [5, 5.41) is 4.07. The average Bonchev–Trinajstić information content (AvgIpc) is 2.29. The van der Waals surface area contributed by atoms with Gasteiger partial charge in [0.05, 0.1) is 6.61 Å². The standard InChI is InChI=1S/C14H22ClNO2/c1-5-16-11(3)13-7-6-12(8-14(13)15)18-10(2)9-17-4/h6-8,10-11,16H,5,9H2,1-4H3. The van der Waals surface area contributed by atoms with Crippen molar-refractivity contribution >= 4 is 11.6 Å². The van der Waals surface area contributed by atoms with Gasteiger partial charge in [0.25, 0.3) is 0 Å². The fourth-order valence-electron chi connectivity index (χ4n) is 1.85. The highest BCUT2D eigenvalue weighted by atomic mass is 35.5. The van der Waals surface area contributed by atoms with Crippen molar-refractivity contribution in [2.75, 3.05) is 20.3 Å². The molecular formula is C14H22ClNO2. The summed E-state index contributed by atoms with van der Waals surface area (Å²) < 4.78 is 10.7. The van der Waals surface area contributed by atoms with Crippen LogP contribution < -0.4 is 10.1 Å². The lowest BCUT2D eigenvalue weighted by molar-refractivity contribution is 0.0921. The minimum absolute atomic E-state index is 0.0168. The van der Waals surface area contributed by atoms with Crippen LogP contribution in [0.2, 0.25) is 5.02 Å². The van der Waals surface area contributed by atoms with Crippen LogP contribution in [-0.2, 0) is 4.74 Å². The van der Waals surface area contributed by atoms with E-state index in [9.17, 15) is 0 Å². The molecule has 18 heavy (non-hydrogen) atoms. The summed E-state index contributed by atoms with van der Waals surface area (Å²) in [6.07, 6.45) is 0.0168. The van der Waals surface area contributed by atoms with E-state index in [0.29, 0.717) is 6.61 Å². The number of hydrogen-bond donors (Lipinski definition) is 1. The van der Waals surface area contributed by atoms with Gasteiger partial charge in [0.2, 0.25) is 0 Å². The molecule has 0 aliphatic rings. The van der Waals surface area contributed by atoms with E-state index in [2.05, 4.69) is 19.2 Å². The first-order chi connectivity index (χ1) is 8.58. The molecule has 0 bridgehead atoms. The fourth-order valence-corrected chi connectivity index (χ4v) is 2.18. The van der Waals surface area contributed by atoms with Gasteiger partial charge in [-0.25, -0.2) is 0 Å². The second-order valence-corrected chi connectivity index (χ2v) is 4.75. The molecule has 0 saturated heterocycles. The second kappa shape index (κ2) is 7.62.